The Labute approximate surface area is 238 Å². The lowest BCUT2D eigenvalue weighted by molar-refractivity contribution is -0.148. The van der Waals surface area contributed by atoms with Crippen molar-refractivity contribution in [1.29, 1.82) is 0 Å². The van der Waals surface area contributed by atoms with Crippen LogP contribution in [0.4, 0.5) is 29.3 Å². The van der Waals surface area contributed by atoms with Crippen molar-refractivity contribution in [3.63, 3.8) is 0 Å². The number of fused-ring (bicyclic) bond motifs is 1. The van der Waals surface area contributed by atoms with Gasteiger partial charge in [-0.2, -0.15) is 13.2 Å². The normalized spacial score (nSPS) is 12.1. The minimum Gasteiger partial charge on any atom is -0.465 e. The third-order valence-corrected chi connectivity index (χ3v) is 6.42. The second-order valence-electron chi connectivity index (χ2n) is 8.39. The second kappa shape index (κ2) is 13.9. The number of halogens is 5. The number of nitrogens with one attached hydrogen (secondary N) is 2. The highest BCUT2D eigenvalue weighted by Crippen LogP contribution is 2.37. The highest BCUT2D eigenvalue weighted by Gasteiger charge is 2.29. The number of nitrogens with zero attached hydrogens (tertiary/aromatic N) is 2. The Balaban J connectivity index is 0.00000533. The smallest absolute Gasteiger partial charge is 0.446 e. The predicted octanol–water partition coefficient (Wildman–Crippen LogP) is 6.89. The van der Waals surface area contributed by atoms with Crippen LogP contribution >= 0.6 is 35.8 Å². The van der Waals surface area contributed by atoms with Crippen LogP contribution in [-0.2, 0) is 9.53 Å². The molecular formula is C25H27Cl2F3N4O4S. The number of aromatic nitrogens is 1. The number of likely N-dealkylation sites (N-methyl/N-ethyl adjacent to an activating group) is 1. The van der Waals surface area contributed by atoms with Crippen molar-refractivity contribution in [2.45, 2.75) is 36.2 Å². The second-order valence-corrected chi connectivity index (χ2v) is 9.96. The molecule has 1 aromatic heterocycles. The minimum atomic E-state index is -4.41. The summed E-state index contributed by atoms with van der Waals surface area (Å²) in [6, 6.07) is 8.78. The summed E-state index contributed by atoms with van der Waals surface area (Å²) in [6.45, 7) is 1.94. The first-order valence-corrected chi connectivity index (χ1v) is 12.7. The number of amides is 2. The van der Waals surface area contributed by atoms with E-state index in [1.165, 1.54) is 35.0 Å². The lowest BCUT2D eigenvalue weighted by Crippen LogP contribution is -2.37. The van der Waals surface area contributed by atoms with Crippen LogP contribution in [0.2, 0.25) is 5.02 Å². The highest BCUT2D eigenvalue weighted by molar-refractivity contribution is 8.00. The zero-order valence-corrected chi connectivity index (χ0v) is 23.6. The van der Waals surface area contributed by atoms with Gasteiger partial charge in [0.2, 0.25) is 5.91 Å². The molecule has 0 aliphatic rings. The summed E-state index contributed by atoms with van der Waals surface area (Å²) in [5, 5.41) is 6.10. The number of hydrogen-bond acceptors (Lipinski definition) is 6. The molecule has 2 aromatic carbocycles. The van der Waals surface area contributed by atoms with Crippen LogP contribution in [-0.4, -0.2) is 59.6 Å². The average Bonchev–Trinajstić information content (AvgIpc) is 3.16. The minimum absolute atomic E-state index is 0. The molecule has 0 saturated heterocycles. The predicted molar refractivity (Wildman–Crippen MR) is 149 cm³/mol. The molecule has 3 aromatic rings. The van der Waals surface area contributed by atoms with Gasteiger partial charge in [0, 0.05) is 33.6 Å². The number of rotatable bonds is 9. The molecule has 14 heteroatoms. The Morgan fingerprint density at radius 3 is 2.36 bits per heavy atom. The number of thioether (sulfide) groups is 1. The molecule has 3 rings (SSSR count). The van der Waals surface area contributed by atoms with Gasteiger partial charge in [-0.15, -0.1) is 12.4 Å². The van der Waals surface area contributed by atoms with E-state index in [2.05, 4.69) is 10.6 Å². The fourth-order valence-electron chi connectivity index (χ4n) is 3.74. The number of alkyl halides is 3. The van der Waals surface area contributed by atoms with Crippen LogP contribution in [0.25, 0.3) is 10.9 Å². The quantitative estimate of drug-likeness (QED) is 0.204. The first-order valence-electron chi connectivity index (χ1n) is 11.5. The molecule has 0 fully saturated rings. The lowest BCUT2D eigenvalue weighted by Gasteiger charge is -2.22. The van der Waals surface area contributed by atoms with E-state index in [0.29, 0.717) is 21.6 Å². The molecule has 2 amide bonds. The summed E-state index contributed by atoms with van der Waals surface area (Å²) in [7, 11) is 3.45. The number of carbonyl (C=O) groups is 3. The van der Waals surface area contributed by atoms with Gasteiger partial charge in [0.1, 0.15) is 6.04 Å². The maximum absolute atomic E-state index is 13.1. The molecule has 0 bridgehead atoms. The van der Waals surface area contributed by atoms with E-state index in [0.717, 1.165) is 0 Å². The Morgan fingerprint density at radius 1 is 1.10 bits per heavy atom. The van der Waals surface area contributed by atoms with Crippen LogP contribution in [0.3, 0.4) is 0 Å². The number of hydrogen-bond donors (Lipinski definition) is 2. The van der Waals surface area contributed by atoms with Gasteiger partial charge in [-0.1, -0.05) is 11.6 Å². The average molecular weight is 607 g/mol. The third kappa shape index (κ3) is 9.06. The van der Waals surface area contributed by atoms with E-state index in [1.807, 2.05) is 0 Å². The molecule has 0 radical (unpaired) electrons. The van der Waals surface area contributed by atoms with Crippen LogP contribution in [0.5, 0.6) is 0 Å². The molecule has 0 saturated carbocycles. The molecule has 0 spiro atoms. The number of benzene rings is 2. The van der Waals surface area contributed by atoms with Crippen molar-refractivity contribution < 1.29 is 32.3 Å². The molecule has 8 nitrogen and oxygen atoms in total. The van der Waals surface area contributed by atoms with Gasteiger partial charge in [-0.05, 0) is 81.7 Å². The first kappa shape index (κ1) is 32.3. The first-order chi connectivity index (χ1) is 17.9. The number of carbonyl (C=O) groups excluding carboxylic acids is 3. The van der Waals surface area contributed by atoms with Crippen LogP contribution in [0.15, 0.2) is 53.6 Å². The van der Waals surface area contributed by atoms with Gasteiger partial charge in [0.25, 0.3) is 0 Å². The zero-order chi connectivity index (χ0) is 28.0. The Kier molecular flexibility index (Phi) is 11.5. The standard InChI is InChI=1S/C25H26ClF3N4O4S.ClH/c1-4-37-23(35)21(32(2)3)11-12-22(34)33-14-19(18-13-15(26)5-10-20(18)33)31-24(36)30-16-6-8-17(9-7-16)38-25(27,28)29;/h5-10,13-14,21H,4,11-12H2,1-3H3,(H2,30,31,36);1H. The summed E-state index contributed by atoms with van der Waals surface area (Å²) >= 11 is 5.89. The fourth-order valence-corrected chi connectivity index (χ4v) is 4.45. The summed E-state index contributed by atoms with van der Waals surface area (Å²) in [5.41, 5.74) is -3.33. The molecule has 1 unspecified atom stereocenters. The van der Waals surface area contributed by atoms with E-state index in [4.69, 9.17) is 16.3 Å². The number of urea groups is 1. The molecule has 1 heterocycles. The van der Waals surface area contributed by atoms with E-state index in [1.54, 1.807) is 44.1 Å². The van der Waals surface area contributed by atoms with E-state index >= 15 is 0 Å². The summed E-state index contributed by atoms with van der Waals surface area (Å²) in [4.78, 5) is 39.7. The fraction of sp³-hybridized carbons (Fsp3) is 0.320. The van der Waals surface area contributed by atoms with Crippen molar-refractivity contribution in [3.8, 4) is 0 Å². The molecule has 2 N–H and O–H groups in total. The van der Waals surface area contributed by atoms with Crippen LogP contribution in [0.1, 0.15) is 24.6 Å². The van der Waals surface area contributed by atoms with Crippen LogP contribution in [0, 0.1) is 0 Å². The van der Waals surface area contributed by atoms with E-state index in [9.17, 15) is 27.6 Å². The maximum atomic E-state index is 13.1. The molecule has 0 aliphatic carbocycles. The van der Waals surface area contributed by atoms with Gasteiger partial charge in [-0.3, -0.25) is 19.1 Å². The van der Waals surface area contributed by atoms with Gasteiger partial charge in [-0.25, -0.2) is 4.79 Å². The highest BCUT2D eigenvalue weighted by atomic mass is 35.5. The van der Waals surface area contributed by atoms with Gasteiger partial charge >= 0.3 is 17.5 Å². The molecule has 212 valence electrons. The van der Waals surface area contributed by atoms with Crippen molar-refractivity contribution in [1.82, 2.24) is 9.47 Å². The van der Waals surface area contributed by atoms with Gasteiger partial charge in [0.15, 0.2) is 0 Å². The number of ether oxygens (including phenoxy) is 1. The Bertz CT molecular complexity index is 1320. The van der Waals surface area contributed by atoms with Crippen LogP contribution < -0.4 is 10.6 Å². The van der Waals surface area contributed by atoms with Crippen molar-refractivity contribution in [2.75, 3.05) is 31.3 Å². The number of esters is 1. The van der Waals surface area contributed by atoms with E-state index < -0.39 is 23.6 Å². The Hall–Kier alpha value is -2.93. The lowest BCUT2D eigenvalue weighted by atomic mass is 10.1. The van der Waals surface area contributed by atoms with Crippen molar-refractivity contribution in [3.05, 3.63) is 53.7 Å². The van der Waals surface area contributed by atoms with Gasteiger partial charge < -0.3 is 15.4 Å². The number of anilines is 2. The largest absolute Gasteiger partial charge is 0.465 e. The topological polar surface area (TPSA) is 92.7 Å². The third-order valence-electron chi connectivity index (χ3n) is 5.44. The Morgan fingerprint density at radius 2 is 1.77 bits per heavy atom. The summed E-state index contributed by atoms with van der Waals surface area (Å²) < 4.78 is 44.0. The SMILES string of the molecule is CCOC(=O)C(CCC(=O)n1cc(NC(=O)Nc2ccc(SC(F)(F)F)cc2)c2cc(Cl)ccc21)N(C)C.Cl. The van der Waals surface area contributed by atoms with Crippen molar-refractivity contribution >= 4 is 76.0 Å². The van der Waals surface area contributed by atoms with Crippen molar-refractivity contribution in [2.24, 2.45) is 0 Å². The maximum Gasteiger partial charge on any atom is 0.446 e. The van der Waals surface area contributed by atoms with E-state index in [-0.39, 0.29) is 60.1 Å². The molecule has 1 atom stereocenters. The summed E-state index contributed by atoms with van der Waals surface area (Å²) in [5.74, 6) is -0.724. The monoisotopic (exact) mass is 606 g/mol. The zero-order valence-electron chi connectivity index (χ0n) is 21.2. The molecule has 39 heavy (non-hydrogen) atoms. The molecular weight excluding hydrogens is 580 g/mol. The van der Waals surface area contributed by atoms with Gasteiger partial charge in [0.05, 0.1) is 17.8 Å². The molecule has 0 aliphatic heterocycles. The summed E-state index contributed by atoms with van der Waals surface area (Å²) in [6.07, 6.45) is 1.72.